The van der Waals surface area contributed by atoms with Gasteiger partial charge in [0.25, 0.3) is 0 Å². The summed E-state index contributed by atoms with van der Waals surface area (Å²) in [7, 11) is -3.55. The van der Waals surface area contributed by atoms with Gasteiger partial charge in [-0.15, -0.1) is 11.3 Å². The van der Waals surface area contributed by atoms with Crippen LogP contribution < -0.4 is 4.90 Å². The standard InChI is InChI=1S/C27H30N4O2S2/c32-35(33,27-8-1-4-21-20-28-12-9-23(21)27)31-13-3-5-22(31)10-14-29-15-17-30(18-16-29)25-6-2-7-26-24(25)11-19-34-26/h1-2,4,6-9,11-12,19-20,22H,3,5,10,13-18H2/t22-/m1/s1. The predicted octanol–water partition coefficient (Wildman–Crippen LogP) is 4.81. The lowest BCUT2D eigenvalue weighted by Gasteiger charge is -2.37. The third-order valence-corrected chi connectivity index (χ3v) is 10.4. The molecule has 0 unspecified atom stereocenters. The van der Waals surface area contributed by atoms with Gasteiger partial charge in [-0.3, -0.25) is 9.88 Å². The van der Waals surface area contributed by atoms with E-state index in [1.165, 1.54) is 15.8 Å². The molecule has 2 aliphatic rings. The zero-order valence-corrected chi connectivity index (χ0v) is 21.3. The van der Waals surface area contributed by atoms with Crippen molar-refractivity contribution in [2.24, 2.45) is 0 Å². The van der Waals surface area contributed by atoms with Crippen LogP contribution in [-0.4, -0.2) is 67.9 Å². The number of thiophene rings is 1. The van der Waals surface area contributed by atoms with Crippen molar-refractivity contribution in [1.29, 1.82) is 0 Å². The molecule has 6 nitrogen and oxygen atoms in total. The summed E-state index contributed by atoms with van der Waals surface area (Å²) in [5, 5.41) is 5.13. The van der Waals surface area contributed by atoms with E-state index in [1.807, 2.05) is 18.2 Å². The Morgan fingerprint density at radius 1 is 0.943 bits per heavy atom. The van der Waals surface area contributed by atoms with Crippen LogP contribution in [0.5, 0.6) is 0 Å². The molecule has 0 N–H and O–H groups in total. The van der Waals surface area contributed by atoms with Gasteiger partial charge in [-0.05, 0) is 61.5 Å². The molecule has 2 fully saturated rings. The van der Waals surface area contributed by atoms with Crippen molar-refractivity contribution in [1.82, 2.24) is 14.2 Å². The fourth-order valence-electron chi connectivity index (χ4n) is 5.66. The highest BCUT2D eigenvalue weighted by Crippen LogP contribution is 2.33. The van der Waals surface area contributed by atoms with Gasteiger partial charge in [-0.25, -0.2) is 8.42 Å². The lowest BCUT2D eigenvalue weighted by molar-refractivity contribution is 0.232. The number of pyridine rings is 1. The lowest BCUT2D eigenvalue weighted by atomic mass is 10.1. The second-order valence-electron chi connectivity index (χ2n) is 9.49. The largest absolute Gasteiger partial charge is 0.368 e. The molecule has 35 heavy (non-hydrogen) atoms. The molecule has 2 aromatic carbocycles. The normalized spacial score (nSPS) is 20.2. The fourth-order valence-corrected chi connectivity index (χ4v) is 8.40. The summed E-state index contributed by atoms with van der Waals surface area (Å²) < 4.78 is 30.5. The molecule has 0 saturated carbocycles. The summed E-state index contributed by atoms with van der Waals surface area (Å²) in [6.45, 7) is 5.57. The molecule has 2 saturated heterocycles. The number of hydrogen-bond donors (Lipinski definition) is 0. The first-order chi connectivity index (χ1) is 17.1. The summed E-state index contributed by atoms with van der Waals surface area (Å²) in [5.41, 5.74) is 1.33. The third-order valence-electron chi connectivity index (χ3n) is 7.51. The number of fused-ring (bicyclic) bond motifs is 2. The van der Waals surface area contributed by atoms with Gasteiger partial charge in [0, 0.05) is 77.7 Å². The van der Waals surface area contributed by atoms with E-state index in [2.05, 4.69) is 44.4 Å². The van der Waals surface area contributed by atoms with Crippen LogP contribution in [0.3, 0.4) is 0 Å². The Kier molecular flexibility index (Phi) is 6.22. The molecule has 4 aromatic rings. The van der Waals surface area contributed by atoms with Gasteiger partial charge in [0.15, 0.2) is 0 Å². The number of rotatable bonds is 6. The lowest BCUT2D eigenvalue weighted by Crippen LogP contribution is -2.47. The number of hydrogen-bond acceptors (Lipinski definition) is 6. The van der Waals surface area contributed by atoms with Crippen LogP contribution in [0.2, 0.25) is 0 Å². The minimum atomic E-state index is -3.55. The van der Waals surface area contributed by atoms with Gasteiger partial charge in [0.1, 0.15) is 0 Å². The molecule has 0 bridgehead atoms. The van der Waals surface area contributed by atoms with Crippen LogP contribution in [-0.2, 0) is 10.0 Å². The van der Waals surface area contributed by atoms with E-state index < -0.39 is 10.0 Å². The number of anilines is 1. The Morgan fingerprint density at radius 2 is 1.80 bits per heavy atom. The first-order valence-electron chi connectivity index (χ1n) is 12.4. The van der Waals surface area contributed by atoms with Crippen molar-refractivity contribution in [3.8, 4) is 0 Å². The first-order valence-corrected chi connectivity index (χ1v) is 14.7. The fraction of sp³-hybridized carbons (Fsp3) is 0.370. The summed E-state index contributed by atoms with van der Waals surface area (Å²) in [4.78, 5) is 9.54. The zero-order valence-electron chi connectivity index (χ0n) is 19.7. The minimum Gasteiger partial charge on any atom is -0.368 e. The molecule has 182 valence electrons. The van der Waals surface area contributed by atoms with E-state index in [0.29, 0.717) is 11.4 Å². The highest BCUT2D eigenvalue weighted by molar-refractivity contribution is 7.89. The molecule has 8 heteroatoms. The van der Waals surface area contributed by atoms with Gasteiger partial charge in [-0.1, -0.05) is 18.2 Å². The number of aromatic nitrogens is 1. The smallest absolute Gasteiger partial charge is 0.243 e. The quantitative estimate of drug-likeness (QED) is 0.376. The molecule has 0 amide bonds. The maximum Gasteiger partial charge on any atom is 0.243 e. The van der Waals surface area contributed by atoms with Gasteiger partial charge >= 0.3 is 0 Å². The van der Waals surface area contributed by atoms with Crippen molar-refractivity contribution in [2.75, 3.05) is 44.2 Å². The molecule has 6 rings (SSSR count). The molecule has 2 aromatic heterocycles. The predicted molar refractivity (Wildman–Crippen MR) is 144 cm³/mol. The van der Waals surface area contributed by atoms with E-state index in [9.17, 15) is 8.42 Å². The van der Waals surface area contributed by atoms with E-state index >= 15 is 0 Å². The van der Waals surface area contributed by atoms with E-state index in [-0.39, 0.29) is 6.04 Å². The van der Waals surface area contributed by atoms with Crippen LogP contribution in [0, 0.1) is 0 Å². The SMILES string of the molecule is O=S(=O)(c1cccc2cnccc12)N1CCC[C@@H]1CCN1CCN(c2cccc3sccc23)CC1. The van der Waals surface area contributed by atoms with Crippen molar-refractivity contribution in [2.45, 2.75) is 30.2 Å². The maximum atomic E-state index is 13.7. The highest BCUT2D eigenvalue weighted by atomic mass is 32.2. The van der Waals surface area contributed by atoms with Gasteiger partial charge < -0.3 is 4.90 Å². The number of sulfonamides is 1. The van der Waals surface area contributed by atoms with Crippen LogP contribution in [0.1, 0.15) is 19.3 Å². The summed E-state index contributed by atoms with van der Waals surface area (Å²) in [6.07, 6.45) is 6.14. The summed E-state index contributed by atoms with van der Waals surface area (Å²) >= 11 is 1.80. The van der Waals surface area contributed by atoms with Crippen molar-refractivity contribution in [3.05, 3.63) is 66.3 Å². The Balaban J connectivity index is 1.11. The average molecular weight is 507 g/mol. The first kappa shape index (κ1) is 22.9. The van der Waals surface area contributed by atoms with Crippen LogP contribution in [0.15, 0.2) is 71.2 Å². The van der Waals surface area contributed by atoms with Crippen LogP contribution in [0.25, 0.3) is 20.9 Å². The molecule has 2 aliphatic heterocycles. The van der Waals surface area contributed by atoms with Crippen LogP contribution >= 0.6 is 11.3 Å². The van der Waals surface area contributed by atoms with Crippen molar-refractivity contribution >= 4 is 47.9 Å². The topological polar surface area (TPSA) is 56.8 Å². The Hall–Kier alpha value is -2.52. The van der Waals surface area contributed by atoms with Crippen molar-refractivity contribution in [3.63, 3.8) is 0 Å². The molecule has 0 radical (unpaired) electrons. The van der Waals surface area contributed by atoms with Gasteiger partial charge in [0.2, 0.25) is 10.0 Å². The molecular weight excluding hydrogens is 476 g/mol. The summed E-state index contributed by atoms with van der Waals surface area (Å²) in [6, 6.07) is 16.1. The second kappa shape index (κ2) is 9.50. The van der Waals surface area contributed by atoms with E-state index in [4.69, 9.17) is 0 Å². The number of nitrogens with zero attached hydrogens (tertiary/aromatic N) is 4. The molecule has 0 spiro atoms. The van der Waals surface area contributed by atoms with Crippen LogP contribution in [0.4, 0.5) is 5.69 Å². The van der Waals surface area contributed by atoms with Crippen molar-refractivity contribution < 1.29 is 8.42 Å². The van der Waals surface area contributed by atoms with E-state index in [0.717, 1.165) is 62.8 Å². The molecular formula is C27H30N4O2S2. The Labute approximate surface area is 210 Å². The number of benzene rings is 2. The van der Waals surface area contributed by atoms with Gasteiger partial charge in [0.05, 0.1) is 4.90 Å². The molecule has 4 heterocycles. The maximum absolute atomic E-state index is 13.7. The monoisotopic (exact) mass is 506 g/mol. The summed E-state index contributed by atoms with van der Waals surface area (Å²) in [5.74, 6) is 0. The van der Waals surface area contributed by atoms with Gasteiger partial charge in [-0.2, -0.15) is 4.31 Å². The second-order valence-corrected chi connectivity index (χ2v) is 12.3. The third kappa shape index (κ3) is 4.33. The molecule has 0 aliphatic carbocycles. The Bertz CT molecular complexity index is 1440. The zero-order chi connectivity index (χ0) is 23.8. The van der Waals surface area contributed by atoms with E-state index in [1.54, 1.807) is 34.1 Å². The average Bonchev–Trinajstić information content (AvgIpc) is 3.57. The number of piperazine rings is 1. The Morgan fingerprint density at radius 3 is 2.69 bits per heavy atom. The molecule has 1 atom stereocenters. The minimum absolute atomic E-state index is 0.0645. The highest BCUT2D eigenvalue weighted by Gasteiger charge is 2.36.